The van der Waals surface area contributed by atoms with Gasteiger partial charge in [-0.25, -0.2) is 4.98 Å². The van der Waals surface area contributed by atoms with E-state index < -0.39 is 0 Å². The third-order valence-electron chi connectivity index (χ3n) is 3.24. The second kappa shape index (κ2) is 4.65. The number of hydrogen-bond acceptors (Lipinski definition) is 4. The number of hydrogen-bond donors (Lipinski definition) is 2. The van der Waals surface area contributed by atoms with E-state index in [-0.39, 0.29) is 0 Å². The highest BCUT2D eigenvalue weighted by Crippen LogP contribution is 2.35. The van der Waals surface area contributed by atoms with Crippen molar-refractivity contribution in [3.63, 3.8) is 0 Å². The molecule has 1 aromatic carbocycles. The second-order valence-electron chi connectivity index (χ2n) is 4.55. The van der Waals surface area contributed by atoms with Crippen LogP contribution in [0.5, 0.6) is 0 Å². The van der Waals surface area contributed by atoms with Crippen molar-refractivity contribution in [1.82, 2.24) is 4.98 Å². The molecule has 0 aliphatic carbocycles. The largest absolute Gasteiger partial charge is 0.366 e. The minimum Gasteiger partial charge on any atom is -0.366 e. The summed E-state index contributed by atoms with van der Waals surface area (Å²) in [6.45, 7) is 4.71. The van der Waals surface area contributed by atoms with Crippen LogP contribution in [-0.4, -0.2) is 12.0 Å². The number of aromatic nitrogens is 1. The lowest BCUT2D eigenvalue weighted by molar-refractivity contribution is 1.11. The Morgan fingerprint density at radius 2 is 2.21 bits per heavy atom. The van der Waals surface area contributed by atoms with E-state index in [9.17, 15) is 0 Å². The standard InChI is InChI=1S/C15H16N4/c1-11-18-13-9-12(6-7-14(13)19(11)2)10-17-15-5-3-4-8-16-15/h3-9,18H,1,10H2,2H3,(H,16,17). The van der Waals surface area contributed by atoms with Gasteiger partial charge in [-0.3, -0.25) is 0 Å². The van der Waals surface area contributed by atoms with E-state index in [1.807, 2.05) is 30.1 Å². The Labute approximate surface area is 112 Å². The highest BCUT2D eigenvalue weighted by molar-refractivity contribution is 5.80. The van der Waals surface area contributed by atoms with Crippen molar-refractivity contribution in [3.8, 4) is 0 Å². The average molecular weight is 252 g/mol. The number of rotatable bonds is 3. The molecule has 4 heteroatoms. The van der Waals surface area contributed by atoms with Crippen LogP contribution in [0.15, 0.2) is 55.0 Å². The van der Waals surface area contributed by atoms with E-state index >= 15 is 0 Å². The molecule has 0 spiro atoms. The van der Waals surface area contributed by atoms with Gasteiger partial charge in [0.2, 0.25) is 0 Å². The maximum absolute atomic E-state index is 4.24. The molecule has 0 radical (unpaired) electrons. The molecule has 1 aliphatic rings. The third-order valence-corrected chi connectivity index (χ3v) is 3.24. The minimum absolute atomic E-state index is 0.752. The molecule has 19 heavy (non-hydrogen) atoms. The smallest absolute Gasteiger partial charge is 0.126 e. The van der Waals surface area contributed by atoms with E-state index in [0.717, 1.165) is 29.6 Å². The predicted molar refractivity (Wildman–Crippen MR) is 79.2 cm³/mol. The van der Waals surface area contributed by atoms with Gasteiger partial charge in [0.1, 0.15) is 11.6 Å². The third kappa shape index (κ3) is 2.25. The molecular weight excluding hydrogens is 236 g/mol. The van der Waals surface area contributed by atoms with Crippen LogP contribution in [0.2, 0.25) is 0 Å². The lowest BCUT2D eigenvalue weighted by Crippen LogP contribution is -2.12. The summed E-state index contributed by atoms with van der Waals surface area (Å²) in [5.74, 6) is 1.79. The summed E-state index contributed by atoms with van der Waals surface area (Å²) in [6.07, 6.45) is 1.78. The zero-order chi connectivity index (χ0) is 13.2. The highest BCUT2D eigenvalue weighted by Gasteiger charge is 2.18. The number of benzene rings is 1. The van der Waals surface area contributed by atoms with Crippen LogP contribution in [0.25, 0.3) is 0 Å². The molecule has 0 atom stereocenters. The average Bonchev–Trinajstić information content (AvgIpc) is 2.73. The van der Waals surface area contributed by atoms with E-state index in [1.54, 1.807) is 6.20 Å². The molecule has 4 nitrogen and oxygen atoms in total. The Bertz CT molecular complexity index is 607. The molecule has 0 amide bonds. The lowest BCUT2D eigenvalue weighted by atomic mass is 10.1. The van der Waals surface area contributed by atoms with Crippen LogP contribution in [0.4, 0.5) is 17.2 Å². The molecule has 96 valence electrons. The molecule has 0 unspecified atom stereocenters. The van der Waals surface area contributed by atoms with Crippen molar-refractivity contribution in [2.75, 3.05) is 22.6 Å². The van der Waals surface area contributed by atoms with Crippen LogP contribution >= 0.6 is 0 Å². The first-order chi connectivity index (χ1) is 9.24. The fourth-order valence-electron chi connectivity index (χ4n) is 2.13. The van der Waals surface area contributed by atoms with Gasteiger partial charge < -0.3 is 15.5 Å². The molecule has 0 saturated heterocycles. The molecular formula is C15H16N4. The summed E-state index contributed by atoms with van der Waals surface area (Å²) < 4.78 is 0. The number of anilines is 3. The Morgan fingerprint density at radius 3 is 3.00 bits per heavy atom. The molecule has 1 aromatic heterocycles. The van der Waals surface area contributed by atoms with Gasteiger partial charge >= 0.3 is 0 Å². The molecule has 3 rings (SSSR count). The van der Waals surface area contributed by atoms with Crippen LogP contribution < -0.4 is 15.5 Å². The topological polar surface area (TPSA) is 40.2 Å². The van der Waals surface area contributed by atoms with Crippen LogP contribution in [0.1, 0.15) is 5.56 Å². The van der Waals surface area contributed by atoms with Gasteiger partial charge in [-0.15, -0.1) is 0 Å². The first-order valence-electron chi connectivity index (χ1n) is 6.21. The van der Waals surface area contributed by atoms with Gasteiger partial charge in [0.05, 0.1) is 11.4 Å². The van der Waals surface area contributed by atoms with Gasteiger partial charge in [-0.2, -0.15) is 0 Å². The molecule has 0 saturated carbocycles. The number of fused-ring (bicyclic) bond motifs is 1. The number of nitrogens with zero attached hydrogens (tertiary/aromatic N) is 2. The fourth-order valence-corrected chi connectivity index (χ4v) is 2.13. The lowest BCUT2D eigenvalue weighted by Gasteiger charge is -2.11. The number of nitrogens with one attached hydrogen (secondary N) is 2. The number of pyridine rings is 1. The SMILES string of the molecule is C=C1Nc2cc(CNc3ccccn3)ccc2N1C. The van der Waals surface area contributed by atoms with E-state index in [4.69, 9.17) is 0 Å². The second-order valence-corrected chi connectivity index (χ2v) is 4.55. The molecule has 0 fully saturated rings. The van der Waals surface area contributed by atoms with Crippen LogP contribution in [-0.2, 0) is 6.54 Å². The van der Waals surface area contributed by atoms with Crippen molar-refractivity contribution in [1.29, 1.82) is 0 Å². The predicted octanol–water partition coefficient (Wildman–Crippen LogP) is 3.03. The van der Waals surface area contributed by atoms with Crippen molar-refractivity contribution in [3.05, 3.63) is 60.6 Å². The van der Waals surface area contributed by atoms with E-state index in [1.165, 1.54) is 5.56 Å². The Kier molecular flexibility index (Phi) is 2.83. The van der Waals surface area contributed by atoms with Gasteiger partial charge in [0, 0.05) is 19.8 Å². The van der Waals surface area contributed by atoms with Gasteiger partial charge in [0.15, 0.2) is 0 Å². The summed E-state index contributed by atoms with van der Waals surface area (Å²) in [4.78, 5) is 6.29. The summed E-state index contributed by atoms with van der Waals surface area (Å²) in [7, 11) is 2.01. The molecule has 0 bridgehead atoms. The molecule has 2 N–H and O–H groups in total. The quantitative estimate of drug-likeness (QED) is 0.881. The zero-order valence-corrected chi connectivity index (χ0v) is 10.9. The summed E-state index contributed by atoms with van der Waals surface area (Å²) in [5, 5.41) is 6.57. The van der Waals surface area contributed by atoms with Gasteiger partial charge in [0.25, 0.3) is 0 Å². The minimum atomic E-state index is 0.752. The molecule has 2 heterocycles. The van der Waals surface area contributed by atoms with Crippen molar-refractivity contribution >= 4 is 17.2 Å². The Balaban J connectivity index is 1.74. The first kappa shape index (κ1) is 11.6. The normalized spacial score (nSPS) is 13.1. The maximum Gasteiger partial charge on any atom is 0.126 e. The van der Waals surface area contributed by atoms with Gasteiger partial charge in [-0.1, -0.05) is 18.7 Å². The van der Waals surface area contributed by atoms with Crippen LogP contribution in [0.3, 0.4) is 0 Å². The zero-order valence-electron chi connectivity index (χ0n) is 10.9. The van der Waals surface area contributed by atoms with Crippen molar-refractivity contribution in [2.45, 2.75) is 6.54 Å². The Morgan fingerprint density at radius 1 is 1.32 bits per heavy atom. The maximum atomic E-state index is 4.24. The van der Waals surface area contributed by atoms with Crippen LogP contribution in [0, 0.1) is 0 Å². The van der Waals surface area contributed by atoms with Gasteiger partial charge in [-0.05, 0) is 29.8 Å². The Hall–Kier alpha value is -2.49. The first-order valence-corrected chi connectivity index (χ1v) is 6.21. The fraction of sp³-hybridized carbons (Fsp3) is 0.133. The highest BCUT2D eigenvalue weighted by atomic mass is 15.3. The summed E-state index contributed by atoms with van der Waals surface area (Å²) in [5.41, 5.74) is 3.47. The monoisotopic (exact) mass is 252 g/mol. The molecule has 2 aromatic rings. The van der Waals surface area contributed by atoms with Crippen molar-refractivity contribution in [2.24, 2.45) is 0 Å². The van der Waals surface area contributed by atoms with E-state index in [0.29, 0.717) is 0 Å². The van der Waals surface area contributed by atoms with Crippen molar-refractivity contribution < 1.29 is 0 Å². The van der Waals surface area contributed by atoms with E-state index in [2.05, 4.69) is 40.4 Å². The summed E-state index contributed by atoms with van der Waals surface area (Å²) in [6, 6.07) is 12.2. The molecule has 1 aliphatic heterocycles. The summed E-state index contributed by atoms with van der Waals surface area (Å²) >= 11 is 0.